The molecule has 2 rings (SSSR count). The standard InChI is InChI=1S/C15H15FN2O3/c1-20-12-4-2-3-11(8-12)18-15(19)9-21-14-6-5-10(17)7-13(14)16/h2-8H,9,17H2,1H3,(H,18,19). The normalized spacial score (nSPS) is 10.0. The zero-order valence-electron chi connectivity index (χ0n) is 11.4. The molecule has 0 atom stereocenters. The van der Waals surface area contributed by atoms with E-state index in [1.54, 1.807) is 24.3 Å². The number of benzene rings is 2. The summed E-state index contributed by atoms with van der Waals surface area (Å²) in [5.74, 6) is -0.410. The highest BCUT2D eigenvalue weighted by Crippen LogP contribution is 2.20. The first-order chi connectivity index (χ1) is 10.1. The van der Waals surface area contributed by atoms with Crippen LogP contribution in [0.4, 0.5) is 15.8 Å². The van der Waals surface area contributed by atoms with Crippen molar-refractivity contribution in [3.8, 4) is 11.5 Å². The van der Waals surface area contributed by atoms with Crippen molar-refractivity contribution in [2.75, 3.05) is 24.8 Å². The highest BCUT2D eigenvalue weighted by atomic mass is 19.1. The van der Waals surface area contributed by atoms with Gasteiger partial charge in [-0.05, 0) is 24.3 Å². The number of nitrogen functional groups attached to an aromatic ring is 1. The van der Waals surface area contributed by atoms with E-state index in [2.05, 4.69) is 5.32 Å². The number of nitrogens with two attached hydrogens (primary N) is 1. The first-order valence-electron chi connectivity index (χ1n) is 6.20. The summed E-state index contributed by atoms with van der Waals surface area (Å²) < 4.78 is 23.6. The van der Waals surface area contributed by atoms with Crippen molar-refractivity contribution in [2.45, 2.75) is 0 Å². The van der Waals surface area contributed by atoms with E-state index in [1.165, 1.54) is 19.2 Å². The van der Waals surface area contributed by atoms with Gasteiger partial charge in [0.25, 0.3) is 5.91 Å². The summed E-state index contributed by atoms with van der Waals surface area (Å²) in [7, 11) is 1.54. The lowest BCUT2D eigenvalue weighted by atomic mass is 10.3. The second kappa shape index (κ2) is 6.60. The molecule has 0 fully saturated rings. The van der Waals surface area contributed by atoms with E-state index >= 15 is 0 Å². The van der Waals surface area contributed by atoms with Gasteiger partial charge in [0.1, 0.15) is 5.75 Å². The van der Waals surface area contributed by atoms with Crippen LogP contribution in [-0.2, 0) is 4.79 Å². The molecule has 0 bridgehead atoms. The smallest absolute Gasteiger partial charge is 0.262 e. The number of carbonyl (C=O) groups is 1. The van der Waals surface area contributed by atoms with Gasteiger partial charge in [0.15, 0.2) is 18.2 Å². The quantitative estimate of drug-likeness (QED) is 0.829. The molecule has 0 aliphatic carbocycles. The van der Waals surface area contributed by atoms with Gasteiger partial charge < -0.3 is 20.5 Å². The minimum Gasteiger partial charge on any atom is -0.497 e. The second-order valence-electron chi connectivity index (χ2n) is 4.26. The maximum atomic E-state index is 13.5. The average molecular weight is 290 g/mol. The van der Waals surface area contributed by atoms with Crippen molar-refractivity contribution in [3.05, 3.63) is 48.3 Å². The van der Waals surface area contributed by atoms with Crippen molar-refractivity contribution in [1.82, 2.24) is 0 Å². The van der Waals surface area contributed by atoms with Crippen molar-refractivity contribution in [2.24, 2.45) is 0 Å². The topological polar surface area (TPSA) is 73.6 Å². The molecule has 6 heteroatoms. The van der Waals surface area contributed by atoms with Crippen LogP contribution in [-0.4, -0.2) is 19.6 Å². The van der Waals surface area contributed by atoms with Crippen molar-refractivity contribution >= 4 is 17.3 Å². The zero-order valence-corrected chi connectivity index (χ0v) is 11.4. The monoisotopic (exact) mass is 290 g/mol. The minimum absolute atomic E-state index is 0.0232. The van der Waals surface area contributed by atoms with Gasteiger partial charge in [0.2, 0.25) is 0 Å². The molecular formula is C15H15FN2O3. The zero-order chi connectivity index (χ0) is 15.2. The minimum atomic E-state index is -0.607. The van der Waals surface area contributed by atoms with Gasteiger partial charge >= 0.3 is 0 Å². The highest BCUT2D eigenvalue weighted by molar-refractivity contribution is 5.92. The largest absolute Gasteiger partial charge is 0.497 e. The molecule has 21 heavy (non-hydrogen) atoms. The lowest BCUT2D eigenvalue weighted by Gasteiger charge is -2.09. The molecule has 1 amide bonds. The first-order valence-corrected chi connectivity index (χ1v) is 6.20. The van der Waals surface area contributed by atoms with Crippen LogP contribution < -0.4 is 20.5 Å². The molecule has 0 aromatic heterocycles. The molecule has 0 unspecified atom stereocenters. The first kappa shape index (κ1) is 14.6. The van der Waals surface area contributed by atoms with Gasteiger partial charge in [-0.3, -0.25) is 4.79 Å². The third-order valence-corrected chi connectivity index (χ3v) is 2.67. The van der Waals surface area contributed by atoms with Gasteiger partial charge in [-0.15, -0.1) is 0 Å². The number of halogens is 1. The number of hydrogen-bond acceptors (Lipinski definition) is 4. The van der Waals surface area contributed by atoms with Gasteiger partial charge in [0, 0.05) is 23.5 Å². The summed E-state index contributed by atoms with van der Waals surface area (Å²) in [5.41, 5.74) is 6.29. The molecule has 0 radical (unpaired) electrons. The Kier molecular flexibility index (Phi) is 4.61. The van der Waals surface area contributed by atoms with E-state index in [0.29, 0.717) is 17.1 Å². The van der Waals surface area contributed by atoms with E-state index in [-0.39, 0.29) is 12.4 Å². The molecule has 0 saturated heterocycles. The third kappa shape index (κ3) is 4.10. The van der Waals surface area contributed by atoms with E-state index < -0.39 is 11.7 Å². The fraction of sp³-hybridized carbons (Fsp3) is 0.133. The number of methoxy groups -OCH3 is 1. The van der Waals surface area contributed by atoms with Crippen LogP contribution >= 0.6 is 0 Å². The fourth-order valence-corrected chi connectivity index (χ4v) is 1.68. The van der Waals surface area contributed by atoms with Gasteiger partial charge in [-0.1, -0.05) is 6.07 Å². The summed E-state index contributed by atoms with van der Waals surface area (Å²) >= 11 is 0. The summed E-state index contributed by atoms with van der Waals surface area (Å²) in [6, 6.07) is 10.9. The fourth-order valence-electron chi connectivity index (χ4n) is 1.68. The van der Waals surface area contributed by atoms with Crippen LogP contribution in [0.5, 0.6) is 11.5 Å². The Morgan fingerprint density at radius 1 is 1.29 bits per heavy atom. The maximum Gasteiger partial charge on any atom is 0.262 e. The predicted molar refractivity (Wildman–Crippen MR) is 77.9 cm³/mol. The van der Waals surface area contributed by atoms with Gasteiger partial charge in [0.05, 0.1) is 7.11 Å². The summed E-state index contributed by atoms with van der Waals surface area (Å²) in [6.07, 6.45) is 0. The number of nitrogens with one attached hydrogen (secondary N) is 1. The summed E-state index contributed by atoms with van der Waals surface area (Å²) in [5, 5.41) is 2.63. The number of carbonyl (C=O) groups excluding carboxylic acids is 1. The van der Waals surface area contributed by atoms with Crippen LogP contribution in [0.1, 0.15) is 0 Å². The summed E-state index contributed by atoms with van der Waals surface area (Å²) in [4.78, 5) is 11.7. The lowest BCUT2D eigenvalue weighted by molar-refractivity contribution is -0.118. The average Bonchev–Trinajstić information content (AvgIpc) is 2.46. The molecule has 2 aromatic rings. The van der Waals surface area contributed by atoms with Crippen LogP contribution in [0.25, 0.3) is 0 Å². The molecule has 0 saturated carbocycles. The van der Waals surface area contributed by atoms with Gasteiger partial charge in [-0.25, -0.2) is 4.39 Å². The van der Waals surface area contributed by atoms with Crippen molar-refractivity contribution in [3.63, 3.8) is 0 Å². The molecule has 110 valence electrons. The Morgan fingerprint density at radius 2 is 2.10 bits per heavy atom. The predicted octanol–water partition coefficient (Wildman–Crippen LogP) is 2.43. The number of rotatable bonds is 5. The van der Waals surface area contributed by atoms with E-state index in [0.717, 1.165) is 6.07 Å². The summed E-state index contributed by atoms with van der Waals surface area (Å²) in [6.45, 7) is -0.307. The number of anilines is 2. The van der Waals surface area contributed by atoms with Crippen LogP contribution in [0.3, 0.4) is 0 Å². The number of hydrogen-bond donors (Lipinski definition) is 2. The van der Waals surface area contributed by atoms with E-state index in [1.807, 2.05) is 0 Å². The Hall–Kier alpha value is -2.76. The Bertz CT molecular complexity index is 647. The Labute approximate surface area is 121 Å². The molecule has 3 N–H and O–H groups in total. The maximum absolute atomic E-state index is 13.5. The molecule has 0 heterocycles. The third-order valence-electron chi connectivity index (χ3n) is 2.67. The molecular weight excluding hydrogens is 275 g/mol. The van der Waals surface area contributed by atoms with Crippen LogP contribution in [0, 0.1) is 5.82 Å². The van der Waals surface area contributed by atoms with E-state index in [9.17, 15) is 9.18 Å². The highest BCUT2D eigenvalue weighted by Gasteiger charge is 2.08. The molecule has 0 spiro atoms. The number of ether oxygens (including phenoxy) is 2. The molecule has 2 aromatic carbocycles. The van der Waals surface area contributed by atoms with Gasteiger partial charge in [-0.2, -0.15) is 0 Å². The Balaban J connectivity index is 1.92. The number of amides is 1. The lowest BCUT2D eigenvalue weighted by Crippen LogP contribution is -2.20. The molecule has 0 aliphatic heterocycles. The van der Waals surface area contributed by atoms with Crippen LogP contribution in [0.2, 0.25) is 0 Å². The Morgan fingerprint density at radius 3 is 2.81 bits per heavy atom. The van der Waals surface area contributed by atoms with Crippen molar-refractivity contribution in [1.29, 1.82) is 0 Å². The molecule has 5 nitrogen and oxygen atoms in total. The van der Waals surface area contributed by atoms with Crippen LogP contribution in [0.15, 0.2) is 42.5 Å². The van der Waals surface area contributed by atoms with Crippen molar-refractivity contribution < 1.29 is 18.7 Å². The second-order valence-corrected chi connectivity index (χ2v) is 4.26. The van der Waals surface area contributed by atoms with E-state index in [4.69, 9.17) is 15.2 Å². The molecule has 0 aliphatic rings. The SMILES string of the molecule is COc1cccc(NC(=O)COc2ccc(N)cc2F)c1.